The lowest BCUT2D eigenvalue weighted by Gasteiger charge is -2.31. The van der Waals surface area contributed by atoms with Gasteiger partial charge in [-0.05, 0) is 158 Å². The molecule has 73 heavy (non-hydrogen) atoms. The third-order valence-corrected chi connectivity index (χ3v) is 15.7. The Bertz CT molecular complexity index is 4430. The number of benzene rings is 12. The second-order valence-electron chi connectivity index (χ2n) is 19.5. The van der Waals surface area contributed by atoms with Crippen molar-refractivity contribution in [3.8, 4) is 22.3 Å². The maximum atomic E-state index is 7.14. The van der Waals surface area contributed by atoms with Crippen molar-refractivity contribution in [1.29, 1.82) is 0 Å². The quantitative estimate of drug-likeness (QED) is 0.166. The zero-order valence-corrected chi connectivity index (χ0v) is 39.5. The largest absolute Gasteiger partial charge is 0.455 e. The first kappa shape index (κ1) is 40.1. The molecule has 12 aromatic carbocycles. The van der Waals surface area contributed by atoms with Gasteiger partial charge in [-0.1, -0.05) is 158 Å². The van der Waals surface area contributed by atoms with Crippen molar-refractivity contribution >= 4 is 99.5 Å². The minimum absolute atomic E-state index is 0.631. The summed E-state index contributed by atoms with van der Waals surface area (Å²) in [5.74, 6) is 0. The molecule has 0 radical (unpaired) electrons. The van der Waals surface area contributed by atoms with E-state index in [0.717, 1.165) is 99.5 Å². The lowest BCUT2D eigenvalue weighted by atomic mass is 9.70. The summed E-state index contributed by atoms with van der Waals surface area (Å²) in [6, 6.07) is 92.6. The first-order chi connectivity index (χ1) is 36.2. The Morgan fingerprint density at radius 2 is 0.671 bits per heavy atom. The Balaban J connectivity index is 1.06. The first-order valence-corrected chi connectivity index (χ1v) is 25.1. The fraction of sp³-hybridized carbons (Fsp3) is 0.0145. The molecule has 0 saturated heterocycles. The van der Waals surface area contributed by atoms with Crippen LogP contribution in [0.5, 0.6) is 0 Å². The summed E-state index contributed by atoms with van der Waals surface area (Å²) in [5.41, 5.74) is 19.2. The molecule has 4 heteroatoms. The monoisotopic (exact) mass is 930 g/mol. The van der Waals surface area contributed by atoms with Gasteiger partial charge in [0.15, 0.2) is 5.58 Å². The number of furan rings is 2. The van der Waals surface area contributed by atoms with E-state index in [1.54, 1.807) is 0 Å². The molecule has 2 aliphatic rings. The summed E-state index contributed by atoms with van der Waals surface area (Å²) in [4.78, 5) is 4.74. The topological polar surface area (TPSA) is 32.8 Å². The molecule has 0 aliphatic heterocycles. The van der Waals surface area contributed by atoms with Gasteiger partial charge in [-0.2, -0.15) is 0 Å². The van der Waals surface area contributed by atoms with Crippen LogP contribution in [0.3, 0.4) is 0 Å². The molecule has 0 amide bonds. The van der Waals surface area contributed by atoms with Gasteiger partial charge in [0, 0.05) is 44.3 Å². The van der Waals surface area contributed by atoms with E-state index in [2.05, 4.69) is 265 Å². The molecule has 1 spiro atoms. The molecular formula is C69H42N2O2. The fourth-order valence-corrected chi connectivity index (χ4v) is 12.8. The van der Waals surface area contributed by atoms with Crippen LogP contribution in [-0.2, 0) is 5.41 Å². The number of nitrogens with zero attached hydrogens (tertiary/aromatic N) is 2. The van der Waals surface area contributed by atoms with Crippen LogP contribution in [0.2, 0.25) is 0 Å². The predicted octanol–water partition coefficient (Wildman–Crippen LogP) is 19.1. The zero-order chi connectivity index (χ0) is 47.8. The SMILES string of the molecule is c1ccc(N(c2ccccc2)c2cc3cc4c(cc3c3c2oc2ccccc23)-c2cc3c(cc2C42c4ccccc4-c4ccccc42)cc(N(c2ccccc2)c2ccccc2)c2c4ccccc4oc32)cc1. The molecule has 0 atom stereocenters. The minimum Gasteiger partial charge on any atom is -0.455 e. The minimum atomic E-state index is -0.631. The van der Waals surface area contributed by atoms with Crippen LogP contribution in [-0.4, -0.2) is 0 Å². The van der Waals surface area contributed by atoms with E-state index in [9.17, 15) is 0 Å². The summed E-state index contributed by atoms with van der Waals surface area (Å²) in [6.07, 6.45) is 0. The number of fused-ring (bicyclic) bond motifs is 20. The highest BCUT2D eigenvalue weighted by atomic mass is 16.3. The fourth-order valence-electron chi connectivity index (χ4n) is 12.8. The van der Waals surface area contributed by atoms with Gasteiger partial charge in [-0.3, -0.25) is 0 Å². The van der Waals surface area contributed by atoms with Gasteiger partial charge in [0.25, 0.3) is 0 Å². The third kappa shape index (κ3) is 5.55. The molecule has 14 aromatic rings. The Kier molecular flexibility index (Phi) is 8.35. The van der Waals surface area contributed by atoms with E-state index < -0.39 is 5.41 Å². The number of rotatable bonds is 6. The molecular weight excluding hydrogens is 889 g/mol. The van der Waals surface area contributed by atoms with Crippen LogP contribution in [0, 0.1) is 0 Å². The molecule has 2 heterocycles. The molecule has 16 rings (SSSR count). The standard InChI is InChI=1S/C69H42N2O2/c1-5-21-45(22-6-1)70(46-23-7-2-8-24-46)61-39-44-38-60-56(42-54(44)67-66(61)52-32-16-20-36-64(52)72-67)55-41-53-43(37-59(55)69(60)57-33-17-13-29-49(57)50-30-14-18-34-58(50)69)40-62(68-65(53)51-31-15-19-35-63(51)73-68)71(47-25-9-3-10-26-47)48-27-11-4-12-28-48/h1-42H. The van der Waals surface area contributed by atoms with Crippen molar-refractivity contribution in [2.75, 3.05) is 9.80 Å². The number of hydrogen-bond acceptors (Lipinski definition) is 4. The predicted molar refractivity (Wildman–Crippen MR) is 302 cm³/mol. The second-order valence-corrected chi connectivity index (χ2v) is 19.5. The van der Waals surface area contributed by atoms with Gasteiger partial charge in [0.05, 0.1) is 22.2 Å². The average Bonchev–Trinajstić information content (AvgIpc) is 4.20. The van der Waals surface area contributed by atoms with Crippen molar-refractivity contribution in [3.63, 3.8) is 0 Å². The van der Waals surface area contributed by atoms with Gasteiger partial charge in [-0.15, -0.1) is 0 Å². The highest BCUT2D eigenvalue weighted by Crippen LogP contribution is 2.65. The molecule has 0 fully saturated rings. The molecule has 0 bridgehead atoms. The molecule has 2 aromatic heterocycles. The second kappa shape index (κ2) is 15.2. The summed E-state index contributed by atoms with van der Waals surface area (Å²) >= 11 is 0. The van der Waals surface area contributed by atoms with E-state index in [1.165, 1.54) is 44.5 Å². The average molecular weight is 931 g/mol. The Hall–Kier alpha value is -9.64. The van der Waals surface area contributed by atoms with Crippen molar-refractivity contribution in [1.82, 2.24) is 0 Å². The number of anilines is 6. The smallest absolute Gasteiger partial charge is 0.160 e. The van der Waals surface area contributed by atoms with Gasteiger partial charge in [0.2, 0.25) is 0 Å². The van der Waals surface area contributed by atoms with Crippen LogP contribution in [0.1, 0.15) is 22.3 Å². The van der Waals surface area contributed by atoms with Gasteiger partial charge in [0.1, 0.15) is 16.7 Å². The Morgan fingerprint density at radius 3 is 1.21 bits per heavy atom. The van der Waals surface area contributed by atoms with Gasteiger partial charge < -0.3 is 18.6 Å². The lowest BCUT2D eigenvalue weighted by Crippen LogP contribution is -2.25. The van der Waals surface area contributed by atoms with Gasteiger partial charge >= 0.3 is 0 Å². The highest BCUT2D eigenvalue weighted by Gasteiger charge is 2.52. The van der Waals surface area contributed by atoms with Crippen LogP contribution in [0.4, 0.5) is 34.1 Å². The molecule has 0 unspecified atom stereocenters. The van der Waals surface area contributed by atoms with E-state index in [4.69, 9.17) is 8.83 Å². The van der Waals surface area contributed by atoms with E-state index in [-0.39, 0.29) is 0 Å². The van der Waals surface area contributed by atoms with Crippen molar-refractivity contribution in [3.05, 3.63) is 277 Å². The Morgan fingerprint density at radius 1 is 0.274 bits per heavy atom. The summed E-state index contributed by atoms with van der Waals surface area (Å²) < 4.78 is 14.2. The van der Waals surface area contributed by atoms with Crippen molar-refractivity contribution in [2.24, 2.45) is 0 Å². The van der Waals surface area contributed by atoms with Gasteiger partial charge in [-0.25, -0.2) is 0 Å². The maximum Gasteiger partial charge on any atom is 0.160 e. The van der Waals surface area contributed by atoms with E-state index in [0.29, 0.717) is 0 Å². The number of para-hydroxylation sites is 6. The molecule has 0 N–H and O–H groups in total. The van der Waals surface area contributed by atoms with E-state index >= 15 is 0 Å². The molecule has 4 nitrogen and oxygen atoms in total. The lowest BCUT2D eigenvalue weighted by molar-refractivity contribution is 0.669. The highest BCUT2D eigenvalue weighted by molar-refractivity contribution is 6.26. The summed E-state index contributed by atoms with van der Waals surface area (Å²) in [6.45, 7) is 0. The normalized spacial score (nSPS) is 13.0. The van der Waals surface area contributed by atoms with Crippen molar-refractivity contribution in [2.45, 2.75) is 5.41 Å². The van der Waals surface area contributed by atoms with Crippen LogP contribution in [0.15, 0.2) is 264 Å². The van der Waals surface area contributed by atoms with Crippen LogP contribution >= 0.6 is 0 Å². The molecule has 0 saturated carbocycles. The summed E-state index contributed by atoms with van der Waals surface area (Å²) in [7, 11) is 0. The van der Waals surface area contributed by atoms with Crippen LogP contribution < -0.4 is 9.80 Å². The molecule has 340 valence electrons. The van der Waals surface area contributed by atoms with Crippen molar-refractivity contribution < 1.29 is 8.83 Å². The molecule has 2 aliphatic carbocycles. The van der Waals surface area contributed by atoms with Crippen LogP contribution in [0.25, 0.3) is 87.7 Å². The summed E-state index contributed by atoms with van der Waals surface area (Å²) in [5, 5.41) is 8.84. The third-order valence-electron chi connectivity index (χ3n) is 15.7. The van der Waals surface area contributed by atoms with E-state index in [1.807, 2.05) is 0 Å². The zero-order valence-electron chi connectivity index (χ0n) is 39.5. The first-order valence-electron chi connectivity index (χ1n) is 25.1. The number of hydrogen-bond donors (Lipinski definition) is 0. The Labute approximate surface area is 420 Å². The maximum absolute atomic E-state index is 7.14.